The van der Waals surface area contributed by atoms with Crippen molar-refractivity contribution in [3.63, 3.8) is 0 Å². The van der Waals surface area contributed by atoms with Gasteiger partial charge in [0.2, 0.25) is 5.91 Å². The number of rotatable bonds is 3. The van der Waals surface area contributed by atoms with Crippen molar-refractivity contribution in [1.29, 1.82) is 5.26 Å². The number of urea groups is 1. The number of pyridine rings is 1. The average Bonchev–Trinajstić information content (AvgIpc) is 3.08. The average molecular weight is 396 g/mol. The molecular weight excluding hydrogens is 368 g/mol. The predicted molar refractivity (Wildman–Crippen MR) is 108 cm³/mol. The molecular formula is C21H28N6O2. The first-order valence-electron chi connectivity index (χ1n) is 10.5. The molecule has 0 spiro atoms. The van der Waals surface area contributed by atoms with Gasteiger partial charge in [-0.2, -0.15) is 5.26 Å². The molecule has 3 aliphatic heterocycles. The van der Waals surface area contributed by atoms with Gasteiger partial charge in [0.25, 0.3) is 0 Å². The first-order valence-corrected chi connectivity index (χ1v) is 10.5. The van der Waals surface area contributed by atoms with Gasteiger partial charge in [-0.1, -0.05) is 13.8 Å². The molecule has 3 saturated heterocycles. The zero-order valence-corrected chi connectivity index (χ0v) is 17.0. The van der Waals surface area contributed by atoms with Gasteiger partial charge in [0, 0.05) is 44.3 Å². The Morgan fingerprint density at radius 3 is 2.72 bits per heavy atom. The summed E-state index contributed by atoms with van der Waals surface area (Å²) in [7, 11) is 0. The normalized spacial score (nSPS) is 25.0. The molecule has 0 bridgehead atoms. The second-order valence-corrected chi connectivity index (χ2v) is 8.46. The van der Waals surface area contributed by atoms with Crippen LogP contribution in [0.15, 0.2) is 18.3 Å². The highest BCUT2D eigenvalue weighted by molar-refractivity contribution is 5.80. The van der Waals surface area contributed by atoms with Gasteiger partial charge in [-0.3, -0.25) is 4.79 Å². The van der Waals surface area contributed by atoms with Gasteiger partial charge < -0.3 is 20.0 Å². The van der Waals surface area contributed by atoms with Crippen LogP contribution in [0, 0.1) is 17.2 Å². The van der Waals surface area contributed by atoms with Crippen molar-refractivity contribution in [1.82, 2.24) is 20.1 Å². The van der Waals surface area contributed by atoms with E-state index in [0.717, 1.165) is 38.2 Å². The number of carbonyl (C=O) groups is 2. The highest BCUT2D eigenvalue weighted by Crippen LogP contribution is 2.31. The Bertz CT molecular complexity index is 827. The Labute approximate surface area is 171 Å². The minimum atomic E-state index is -0.0195. The number of likely N-dealkylation sites (tertiary alicyclic amines) is 1. The summed E-state index contributed by atoms with van der Waals surface area (Å²) in [5.41, 5.74) is 0.590. The molecule has 29 heavy (non-hydrogen) atoms. The third kappa shape index (κ3) is 3.61. The van der Waals surface area contributed by atoms with Crippen molar-refractivity contribution in [3.05, 3.63) is 23.9 Å². The Morgan fingerprint density at radius 1 is 1.28 bits per heavy atom. The van der Waals surface area contributed by atoms with Gasteiger partial charge in [-0.15, -0.1) is 0 Å². The number of carbonyl (C=O) groups excluding carboxylic acids is 2. The van der Waals surface area contributed by atoms with E-state index in [1.54, 1.807) is 18.3 Å². The van der Waals surface area contributed by atoms with Crippen LogP contribution in [0.2, 0.25) is 0 Å². The van der Waals surface area contributed by atoms with Gasteiger partial charge in [0.05, 0.1) is 17.6 Å². The fourth-order valence-electron chi connectivity index (χ4n) is 4.89. The van der Waals surface area contributed by atoms with Crippen LogP contribution in [0.3, 0.4) is 0 Å². The topological polar surface area (TPSA) is 92.6 Å². The van der Waals surface area contributed by atoms with Crippen LogP contribution in [0.5, 0.6) is 0 Å². The number of aromatic nitrogens is 1. The molecule has 3 fully saturated rings. The zero-order chi connectivity index (χ0) is 20.5. The van der Waals surface area contributed by atoms with E-state index in [9.17, 15) is 14.9 Å². The lowest BCUT2D eigenvalue weighted by Crippen LogP contribution is -2.56. The number of hydrogen-bond donors (Lipinski definition) is 1. The number of fused-ring (bicyclic) bond motifs is 1. The second kappa shape index (κ2) is 7.90. The van der Waals surface area contributed by atoms with Crippen LogP contribution in [-0.2, 0) is 4.79 Å². The predicted octanol–water partition coefficient (Wildman–Crippen LogP) is 1.57. The monoisotopic (exact) mass is 396 g/mol. The van der Waals surface area contributed by atoms with Gasteiger partial charge in [-0.25, -0.2) is 9.78 Å². The van der Waals surface area contributed by atoms with E-state index in [1.165, 1.54) is 0 Å². The van der Waals surface area contributed by atoms with Crippen LogP contribution in [0.4, 0.5) is 10.6 Å². The molecule has 0 aromatic carbocycles. The van der Waals surface area contributed by atoms with Gasteiger partial charge in [-0.05, 0) is 31.4 Å². The molecule has 0 aliphatic carbocycles. The Kier molecular flexibility index (Phi) is 5.31. The third-order valence-electron chi connectivity index (χ3n) is 6.35. The Morgan fingerprint density at radius 2 is 2.03 bits per heavy atom. The highest BCUT2D eigenvalue weighted by Gasteiger charge is 2.46. The van der Waals surface area contributed by atoms with Gasteiger partial charge >= 0.3 is 6.03 Å². The third-order valence-corrected chi connectivity index (χ3v) is 6.35. The highest BCUT2D eigenvalue weighted by atomic mass is 16.2. The Balaban J connectivity index is 1.40. The molecule has 8 heteroatoms. The number of nitrogens with one attached hydrogen (secondary N) is 1. The maximum atomic E-state index is 12.7. The lowest BCUT2D eigenvalue weighted by Gasteiger charge is -2.42. The van der Waals surface area contributed by atoms with E-state index in [0.29, 0.717) is 18.7 Å². The molecule has 3 amide bonds. The van der Waals surface area contributed by atoms with Crippen molar-refractivity contribution in [2.24, 2.45) is 5.92 Å². The number of piperidine rings is 2. The largest absolute Gasteiger partial charge is 0.355 e. The fourth-order valence-corrected chi connectivity index (χ4v) is 4.89. The summed E-state index contributed by atoms with van der Waals surface area (Å²) in [6.45, 7) is 6.69. The zero-order valence-electron chi connectivity index (χ0n) is 17.0. The molecule has 0 saturated carbocycles. The minimum Gasteiger partial charge on any atom is -0.355 e. The maximum Gasteiger partial charge on any atom is 0.318 e. The molecule has 2 atom stereocenters. The van der Waals surface area contributed by atoms with Crippen LogP contribution in [0.25, 0.3) is 0 Å². The van der Waals surface area contributed by atoms with Crippen molar-refractivity contribution in [2.75, 3.05) is 31.1 Å². The number of nitriles is 1. The number of nitrogens with zero attached hydrogens (tertiary/aromatic N) is 5. The fraction of sp³-hybridized carbons (Fsp3) is 0.619. The number of anilines is 1. The van der Waals surface area contributed by atoms with Gasteiger partial charge in [0.1, 0.15) is 11.9 Å². The van der Waals surface area contributed by atoms with E-state index in [4.69, 9.17) is 0 Å². The summed E-state index contributed by atoms with van der Waals surface area (Å²) >= 11 is 0. The molecule has 4 rings (SSSR count). The molecule has 154 valence electrons. The molecule has 1 aromatic rings. The van der Waals surface area contributed by atoms with Crippen LogP contribution in [-0.4, -0.2) is 71.0 Å². The van der Waals surface area contributed by atoms with Crippen LogP contribution >= 0.6 is 0 Å². The van der Waals surface area contributed by atoms with Crippen molar-refractivity contribution < 1.29 is 9.59 Å². The summed E-state index contributed by atoms with van der Waals surface area (Å²) in [5, 5.41) is 12.4. The molecule has 1 aromatic heterocycles. The second-order valence-electron chi connectivity index (χ2n) is 8.46. The summed E-state index contributed by atoms with van der Waals surface area (Å²) in [6.07, 6.45) is 4.24. The molecule has 0 radical (unpaired) electrons. The standard InChI is InChI=1S/C21H28N6O2/c1-14(2)20(28)26-11-7-18-17(13-26)24-21(29)27(18)16-5-9-25(10-6-16)19-15(12-22)4-3-8-23-19/h3-4,8,14,16-18H,5-7,9-11,13H2,1-2H3,(H,24,29). The first kappa shape index (κ1) is 19.5. The lowest BCUT2D eigenvalue weighted by molar-refractivity contribution is -0.136. The lowest BCUT2D eigenvalue weighted by atomic mass is 9.95. The quantitative estimate of drug-likeness (QED) is 0.837. The van der Waals surface area contributed by atoms with E-state index >= 15 is 0 Å². The Hall–Kier alpha value is -2.82. The summed E-state index contributed by atoms with van der Waals surface area (Å²) < 4.78 is 0. The van der Waals surface area contributed by atoms with E-state index in [-0.39, 0.29) is 36.0 Å². The molecule has 3 aliphatic rings. The first-order chi connectivity index (χ1) is 14.0. The van der Waals surface area contributed by atoms with Crippen molar-refractivity contribution in [2.45, 2.75) is 51.2 Å². The van der Waals surface area contributed by atoms with Crippen molar-refractivity contribution >= 4 is 17.8 Å². The van der Waals surface area contributed by atoms with E-state index in [2.05, 4.69) is 21.3 Å². The van der Waals surface area contributed by atoms with Crippen LogP contribution < -0.4 is 10.2 Å². The summed E-state index contributed by atoms with van der Waals surface area (Å²) in [5.74, 6) is 0.875. The smallest absolute Gasteiger partial charge is 0.318 e. The summed E-state index contributed by atoms with van der Waals surface area (Å²) in [6, 6.07) is 6.12. The molecule has 8 nitrogen and oxygen atoms in total. The van der Waals surface area contributed by atoms with E-state index < -0.39 is 0 Å². The molecule has 4 heterocycles. The molecule has 2 unspecified atom stereocenters. The number of hydrogen-bond acceptors (Lipinski definition) is 5. The molecule has 1 N–H and O–H groups in total. The van der Waals surface area contributed by atoms with Crippen LogP contribution in [0.1, 0.15) is 38.7 Å². The number of amides is 3. The minimum absolute atomic E-state index is 0.00662. The summed E-state index contributed by atoms with van der Waals surface area (Å²) in [4.78, 5) is 35.5. The van der Waals surface area contributed by atoms with Gasteiger partial charge in [0.15, 0.2) is 0 Å². The van der Waals surface area contributed by atoms with E-state index in [1.807, 2.05) is 23.6 Å². The SMILES string of the molecule is CC(C)C(=O)N1CCC2C(C1)NC(=O)N2C1CCN(c2ncccc2C#N)CC1. The van der Waals surface area contributed by atoms with Crippen molar-refractivity contribution in [3.8, 4) is 6.07 Å². The maximum absolute atomic E-state index is 12.7.